The van der Waals surface area contributed by atoms with Gasteiger partial charge in [0.05, 0.1) is 10.5 Å². The lowest BCUT2D eigenvalue weighted by molar-refractivity contribution is -0.139. The Morgan fingerprint density at radius 3 is 2.13 bits per heavy atom. The first-order valence-electron chi connectivity index (χ1n) is 6.62. The molecule has 0 radical (unpaired) electrons. The van der Waals surface area contributed by atoms with Crippen molar-refractivity contribution in [2.45, 2.75) is 43.3 Å². The van der Waals surface area contributed by atoms with Crippen LogP contribution in [0.25, 0.3) is 0 Å². The second kappa shape index (κ2) is 8.02. The largest absolute Gasteiger partial charge is 0.417 e. The van der Waals surface area contributed by atoms with E-state index < -0.39 is 32.2 Å². The molecular weight excluding hydrogens is 376 g/mol. The molecule has 0 amide bonds. The molecule has 0 saturated heterocycles. The summed E-state index contributed by atoms with van der Waals surface area (Å²) in [6.07, 6.45) is -4.12. The SMILES string of the molecule is CCC(CC)(CN)NS(=O)(=O)c1ccc(Cl)cc1C(F)(F)F.Cl. The Hall–Kier alpha value is -0.540. The molecule has 134 valence electrons. The molecule has 0 heterocycles. The van der Waals surface area contributed by atoms with Gasteiger partial charge in [0, 0.05) is 17.1 Å². The molecule has 0 unspecified atom stereocenters. The maximum Gasteiger partial charge on any atom is 0.417 e. The fourth-order valence-electron chi connectivity index (χ4n) is 2.02. The van der Waals surface area contributed by atoms with Crippen molar-refractivity contribution < 1.29 is 21.6 Å². The first-order valence-corrected chi connectivity index (χ1v) is 8.48. The van der Waals surface area contributed by atoms with E-state index in [1.54, 1.807) is 13.8 Å². The minimum absolute atomic E-state index is 0. The minimum atomic E-state index is -4.83. The number of hydrogen-bond donors (Lipinski definition) is 2. The first-order chi connectivity index (χ1) is 10.0. The average molecular weight is 395 g/mol. The van der Waals surface area contributed by atoms with Gasteiger partial charge < -0.3 is 5.73 Å². The monoisotopic (exact) mass is 394 g/mol. The molecule has 0 aliphatic carbocycles. The quantitative estimate of drug-likeness (QED) is 0.774. The van der Waals surface area contributed by atoms with Crippen LogP contribution < -0.4 is 10.5 Å². The van der Waals surface area contributed by atoms with Crippen LogP contribution in [0.5, 0.6) is 0 Å². The van der Waals surface area contributed by atoms with Gasteiger partial charge in [-0.15, -0.1) is 12.4 Å². The lowest BCUT2D eigenvalue weighted by Crippen LogP contribution is -2.52. The molecule has 0 aromatic heterocycles. The number of alkyl halides is 3. The van der Waals surface area contributed by atoms with Crippen molar-refractivity contribution in [1.29, 1.82) is 0 Å². The van der Waals surface area contributed by atoms with Gasteiger partial charge in [0.15, 0.2) is 0 Å². The Morgan fingerprint density at radius 1 is 1.22 bits per heavy atom. The van der Waals surface area contributed by atoms with E-state index in [1.165, 1.54) is 0 Å². The number of halogens is 5. The predicted octanol–water partition coefficient (Wildman–Crippen LogP) is 3.58. The Bertz CT molecular complexity index is 624. The zero-order chi connectivity index (χ0) is 17.2. The van der Waals surface area contributed by atoms with Gasteiger partial charge in [0.1, 0.15) is 0 Å². The van der Waals surface area contributed by atoms with Crippen LogP contribution in [0, 0.1) is 0 Å². The molecule has 0 spiro atoms. The number of benzene rings is 1. The molecule has 0 atom stereocenters. The minimum Gasteiger partial charge on any atom is -0.329 e. The summed E-state index contributed by atoms with van der Waals surface area (Å²) in [5, 5.41) is -0.192. The maximum atomic E-state index is 13.1. The summed E-state index contributed by atoms with van der Waals surface area (Å²) in [5.74, 6) is 0. The first kappa shape index (κ1) is 22.5. The van der Waals surface area contributed by atoms with E-state index in [-0.39, 0.29) is 24.0 Å². The van der Waals surface area contributed by atoms with Crippen molar-refractivity contribution in [3.8, 4) is 0 Å². The Labute approximate surface area is 145 Å². The summed E-state index contributed by atoms with van der Waals surface area (Å²) >= 11 is 5.55. The van der Waals surface area contributed by atoms with E-state index >= 15 is 0 Å². The molecule has 1 aromatic carbocycles. The zero-order valence-electron chi connectivity index (χ0n) is 12.6. The molecule has 23 heavy (non-hydrogen) atoms. The van der Waals surface area contributed by atoms with Crippen molar-refractivity contribution >= 4 is 34.0 Å². The Balaban J connectivity index is 0.00000484. The summed E-state index contributed by atoms with van der Waals surface area (Å²) in [6.45, 7) is 3.41. The average Bonchev–Trinajstić information content (AvgIpc) is 2.43. The second-order valence-corrected chi connectivity index (χ2v) is 7.02. The molecule has 0 bridgehead atoms. The molecule has 0 saturated carbocycles. The highest BCUT2D eigenvalue weighted by atomic mass is 35.5. The molecule has 1 rings (SSSR count). The van der Waals surface area contributed by atoms with E-state index in [4.69, 9.17) is 17.3 Å². The van der Waals surface area contributed by atoms with Crippen LogP contribution in [-0.2, 0) is 16.2 Å². The van der Waals surface area contributed by atoms with E-state index in [2.05, 4.69) is 4.72 Å². The third kappa shape index (κ3) is 5.22. The standard InChI is InChI=1S/C13H18ClF3N2O2S.ClH/c1-3-12(4-2,8-18)19-22(20,21)11-6-5-9(14)7-10(11)13(15,16)17;/h5-7,19H,3-4,8,18H2,1-2H3;1H. The van der Waals surface area contributed by atoms with Gasteiger partial charge in [-0.05, 0) is 31.0 Å². The van der Waals surface area contributed by atoms with Crippen molar-refractivity contribution in [1.82, 2.24) is 4.72 Å². The summed E-state index contributed by atoms with van der Waals surface area (Å²) in [6, 6.07) is 2.55. The third-order valence-electron chi connectivity index (χ3n) is 3.63. The van der Waals surface area contributed by atoms with Gasteiger partial charge in [-0.3, -0.25) is 0 Å². The molecule has 4 nitrogen and oxygen atoms in total. The number of sulfonamides is 1. The van der Waals surface area contributed by atoms with Gasteiger partial charge in [0.2, 0.25) is 10.0 Å². The van der Waals surface area contributed by atoms with Crippen LogP contribution >= 0.6 is 24.0 Å². The second-order valence-electron chi connectivity index (χ2n) is 4.94. The van der Waals surface area contributed by atoms with Crippen LogP contribution in [-0.4, -0.2) is 20.5 Å². The van der Waals surface area contributed by atoms with E-state index in [0.29, 0.717) is 18.9 Å². The molecule has 0 aliphatic rings. The van der Waals surface area contributed by atoms with E-state index in [9.17, 15) is 21.6 Å². The lowest BCUT2D eigenvalue weighted by atomic mass is 9.95. The maximum absolute atomic E-state index is 13.1. The highest BCUT2D eigenvalue weighted by Gasteiger charge is 2.39. The van der Waals surface area contributed by atoms with Crippen LogP contribution in [0.3, 0.4) is 0 Å². The molecule has 0 fully saturated rings. The zero-order valence-corrected chi connectivity index (χ0v) is 15.0. The van der Waals surface area contributed by atoms with Crippen molar-refractivity contribution in [3.63, 3.8) is 0 Å². The van der Waals surface area contributed by atoms with E-state index in [0.717, 1.165) is 12.1 Å². The highest BCUT2D eigenvalue weighted by Crippen LogP contribution is 2.36. The van der Waals surface area contributed by atoms with E-state index in [1.807, 2.05) is 0 Å². The smallest absolute Gasteiger partial charge is 0.329 e. The molecular formula is C13H19Cl2F3N2O2S. The summed E-state index contributed by atoms with van der Waals surface area (Å²) in [4.78, 5) is -0.857. The van der Waals surface area contributed by atoms with Crippen LogP contribution in [0.2, 0.25) is 5.02 Å². The van der Waals surface area contributed by atoms with Crippen molar-refractivity contribution in [2.24, 2.45) is 5.73 Å². The Morgan fingerprint density at radius 2 is 1.74 bits per heavy atom. The number of hydrogen-bond acceptors (Lipinski definition) is 3. The topological polar surface area (TPSA) is 72.2 Å². The summed E-state index contributed by atoms with van der Waals surface area (Å²) in [7, 11) is -4.39. The van der Waals surface area contributed by atoms with Crippen LogP contribution in [0.1, 0.15) is 32.3 Å². The third-order valence-corrected chi connectivity index (χ3v) is 5.50. The van der Waals surface area contributed by atoms with Gasteiger partial charge in [-0.25, -0.2) is 13.1 Å². The number of nitrogens with two attached hydrogens (primary N) is 1. The fourth-order valence-corrected chi connectivity index (χ4v) is 3.96. The van der Waals surface area contributed by atoms with Gasteiger partial charge in [-0.2, -0.15) is 13.2 Å². The normalized spacial score (nSPS) is 12.8. The summed E-state index contributed by atoms with van der Waals surface area (Å²) < 4.78 is 66.3. The van der Waals surface area contributed by atoms with Gasteiger partial charge in [0.25, 0.3) is 0 Å². The molecule has 0 aliphatic heterocycles. The Kier molecular flexibility index (Phi) is 7.84. The van der Waals surface area contributed by atoms with Crippen LogP contribution in [0.4, 0.5) is 13.2 Å². The fraction of sp³-hybridized carbons (Fsp3) is 0.538. The summed E-state index contributed by atoms with van der Waals surface area (Å²) in [5.41, 5.74) is 3.31. The number of rotatable bonds is 6. The lowest BCUT2D eigenvalue weighted by Gasteiger charge is -2.31. The molecule has 1 aromatic rings. The number of nitrogens with one attached hydrogen (secondary N) is 1. The van der Waals surface area contributed by atoms with Crippen molar-refractivity contribution in [3.05, 3.63) is 28.8 Å². The van der Waals surface area contributed by atoms with Gasteiger partial charge in [-0.1, -0.05) is 25.4 Å². The molecule has 10 heteroatoms. The molecule has 3 N–H and O–H groups in total. The van der Waals surface area contributed by atoms with Crippen molar-refractivity contribution in [2.75, 3.05) is 6.54 Å². The predicted molar refractivity (Wildman–Crippen MR) is 86.4 cm³/mol. The van der Waals surface area contributed by atoms with Crippen LogP contribution in [0.15, 0.2) is 23.1 Å². The van der Waals surface area contributed by atoms with Gasteiger partial charge >= 0.3 is 6.18 Å². The highest BCUT2D eigenvalue weighted by molar-refractivity contribution is 7.89.